The van der Waals surface area contributed by atoms with Gasteiger partial charge in [0.1, 0.15) is 12.4 Å². The van der Waals surface area contributed by atoms with Gasteiger partial charge in [0.05, 0.1) is 5.03 Å². The molecule has 140 valence electrons. The molecule has 2 aromatic carbocycles. The predicted octanol–water partition coefficient (Wildman–Crippen LogP) is 4.78. The van der Waals surface area contributed by atoms with Crippen LogP contribution in [0.3, 0.4) is 0 Å². The fraction of sp³-hybridized carbons (Fsp3) is 0.0952. The lowest BCUT2D eigenvalue weighted by molar-refractivity contribution is 0.306. The Morgan fingerprint density at radius 3 is 2.68 bits per heavy atom. The molecule has 0 unspecified atom stereocenters. The quantitative estimate of drug-likeness (QED) is 0.476. The molecule has 4 rings (SSSR count). The summed E-state index contributed by atoms with van der Waals surface area (Å²) in [6, 6.07) is 19.1. The van der Waals surface area contributed by atoms with Crippen LogP contribution in [0.25, 0.3) is 16.1 Å². The maximum absolute atomic E-state index is 12.0. The van der Waals surface area contributed by atoms with E-state index in [1.807, 2.05) is 54.6 Å². The minimum atomic E-state index is -0.214. The van der Waals surface area contributed by atoms with Crippen molar-refractivity contribution in [2.75, 3.05) is 0 Å². The van der Waals surface area contributed by atoms with Crippen molar-refractivity contribution in [3.63, 3.8) is 0 Å². The van der Waals surface area contributed by atoms with Crippen molar-refractivity contribution in [2.45, 2.75) is 13.5 Å². The van der Waals surface area contributed by atoms with E-state index in [-0.39, 0.29) is 5.56 Å². The molecular formula is C21H16ClN3O2S. The number of ether oxygens (including phenoxy) is 1. The van der Waals surface area contributed by atoms with Gasteiger partial charge in [-0.1, -0.05) is 65.4 Å². The zero-order chi connectivity index (χ0) is 19.5. The number of rotatable bonds is 5. The molecule has 0 amide bonds. The standard InChI is InChI=1S/C21H16ClN3O2S/c1-14-11-19(26)25-21(23-14)28-20(24-25)18(22)12-15-7-9-17(10-8-15)27-13-16-5-3-2-4-6-16/h2-12H,13H2,1H3/b18-12-. The van der Waals surface area contributed by atoms with Crippen LogP contribution >= 0.6 is 22.9 Å². The van der Waals surface area contributed by atoms with E-state index in [0.29, 0.717) is 27.3 Å². The summed E-state index contributed by atoms with van der Waals surface area (Å²) in [5, 5.41) is 5.26. The van der Waals surface area contributed by atoms with E-state index < -0.39 is 0 Å². The average molecular weight is 410 g/mol. The van der Waals surface area contributed by atoms with Gasteiger partial charge < -0.3 is 4.74 Å². The summed E-state index contributed by atoms with van der Waals surface area (Å²) in [5.41, 5.74) is 2.47. The number of hydrogen-bond donors (Lipinski definition) is 0. The number of aromatic nitrogens is 3. The highest BCUT2D eigenvalue weighted by Crippen LogP contribution is 2.26. The van der Waals surface area contributed by atoms with E-state index in [1.165, 1.54) is 21.9 Å². The van der Waals surface area contributed by atoms with Crippen molar-refractivity contribution in [3.8, 4) is 5.75 Å². The Labute approximate surface area is 170 Å². The zero-order valence-electron chi connectivity index (χ0n) is 15.0. The average Bonchev–Trinajstić information content (AvgIpc) is 3.13. The highest BCUT2D eigenvalue weighted by Gasteiger charge is 2.10. The Hall–Kier alpha value is -2.96. The van der Waals surface area contributed by atoms with Crippen molar-refractivity contribution in [2.24, 2.45) is 0 Å². The lowest BCUT2D eigenvalue weighted by Gasteiger charge is -2.06. The number of nitrogens with zero attached hydrogens (tertiary/aromatic N) is 3. The van der Waals surface area contributed by atoms with E-state index in [1.54, 1.807) is 13.0 Å². The predicted molar refractivity (Wildman–Crippen MR) is 113 cm³/mol. The Morgan fingerprint density at radius 2 is 1.93 bits per heavy atom. The lowest BCUT2D eigenvalue weighted by Crippen LogP contribution is -2.14. The van der Waals surface area contributed by atoms with Gasteiger partial charge >= 0.3 is 0 Å². The van der Waals surface area contributed by atoms with Crippen LogP contribution in [0, 0.1) is 6.92 Å². The largest absolute Gasteiger partial charge is 0.489 e. The molecule has 7 heteroatoms. The first-order chi connectivity index (χ1) is 13.6. The lowest BCUT2D eigenvalue weighted by atomic mass is 10.2. The topological polar surface area (TPSA) is 56.5 Å². The van der Waals surface area contributed by atoms with Crippen LogP contribution in [-0.2, 0) is 6.61 Å². The first-order valence-electron chi connectivity index (χ1n) is 8.60. The van der Waals surface area contributed by atoms with Gasteiger partial charge in [-0.05, 0) is 36.3 Å². The summed E-state index contributed by atoms with van der Waals surface area (Å²) in [4.78, 5) is 16.8. The van der Waals surface area contributed by atoms with Crippen LogP contribution in [0.4, 0.5) is 0 Å². The molecule has 0 saturated heterocycles. The number of fused-ring (bicyclic) bond motifs is 1. The van der Waals surface area contributed by atoms with Crippen LogP contribution in [0.2, 0.25) is 0 Å². The van der Waals surface area contributed by atoms with Crippen molar-refractivity contribution < 1.29 is 4.74 Å². The molecule has 0 fully saturated rings. The maximum Gasteiger partial charge on any atom is 0.275 e. The Balaban J connectivity index is 1.50. The summed E-state index contributed by atoms with van der Waals surface area (Å²) < 4.78 is 7.06. The number of aryl methyl sites for hydroxylation is 1. The Bertz CT molecular complexity index is 1200. The molecule has 5 nitrogen and oxygen atoms in total. The molecule has 0 aliphatic rings. The fourth-order valence-corrected chi connectivity index (χ4v) is 3.76. The molecule has 4 aromatic rings. The van der Waals surface area contributed by atoms with Gasteiger partial charge in [-0.15, -0.1) is 0 Å². The van der Waals surface area contributed by atoms with E-state index in [9.17, 15) is 4.79 Å². The van der Waals surface area contributed by atoms with Crippen molar-refractivity contribution in [1.29, 1.82) is 0 Å². The summed E-state index contributed by atoms with van der Waals surface area (Å²) >= 11 is 7.70. The van der Waals surface area contributed by atoms with Gasteiger partial charge in [-0.3, -0.25) is 4.79 Å². The molecule has 0 aliphatic carbocycles. The Morgan fingerprint density at radius 1 is 1.18 bits per heavy atom. The van der Waals surface area contributed by atoms with Crippen LogP contribution in [0.5, 0.6) is 5.75 Å². The molecule has 0 radical (unpaired) electrons. The third-order valence-corrected chi connectivity index (χ3v) is 5.34. The van der Waals surface area contributed by atoms with Gasteiger partial charge in [0.25, 0.3) is 5.56 Å². The van der Waals surface area contributed by atoms with Crippen molar-refractivity contribution in [1.82, 2.24) is 14.6 Å². The Kier molecular flexibility index (Phi) is 5.23. The van der Waals surface area contributed by atoms with Gasteiger partial charge in [0.2, 0.25) is 4.96 Å². The summed E-state index contributed by atoms with van der Waals surface area (Å²) in [7, 11) is 0. The van der Waals surface area contributed by atoms with Crippen molar-refractivity contribution >= 4 is 39.0 Å². The summed E-state index contributed by atoms with van der Waals surface area (Å²) in [6.45, 7) is 2.29. The monoisotopic (exact) mass is 409 g/mol. The van der Waals surface area contributed by atoms with Crippen LogP contribution in [0.1, 0.15) is 21.8 Å². The molecule has 0 spiro atoms. The number of hydrogen-bond acceptors (Lipinski definition) is 5. The first-order valence-corrected chi connectivity index (χ1v) is 9.80. The first kappa shape index (κ1) is 18.4. The zero-order valence-corrected chi connectivity index (χ0v) is 16.6. The molecule has 2 heterocycles. The normalized spacial score (nSPS) is 11.7. The van der Waals surface area contributed by atoms with E-state index >= 15 is 0 Å². The molecule has 0 bridgehead atoms. The molecule has 2 aromatic heterocycles. The highest BCUT2D eigenvalue weighted by molar-refractivity contribution is 7.18. The smallest absolute Gasteiger partial charge is 0.275 e. The summed E-state index contributed by atoms with van der Waals surface area (Å²) in [5.74, 6) is 0.781. The molecule has 28 heavy (non-hydrogen) atoms. The van der Waals surface area contributed by atoms with Crippen molar-refractivity contribution in [3.05, 3.63) is 92.8 Å². The molecule has 0 aliphatic heterocycles. The molecule has 0 saturated carbocycles. The maximum atomic E-state index is 12.0. The van der Waals surface area contributed by atoms with E-state index in [0.717, 1.165) is 16.9 Å². The van der Waals surface area contributed by atoms with Gasteiger partial charge in [0, 0.05) is 11.8 Å². The molecule has 0 N–H and O–H groups in total. The van der Waals surface area contributed by atoms with Gasteiger partial charge in [0.15, 0.2) is 5.01 Å². The van der Waals surface area contributed by atoms with Crippen LogP contribution in [0.15, 0.2) is 65.5 Å². The second-order valence-electron chi connectivity index (χ2n) is 6.17. The molecule has 0 atom stereocenters. The SMILES string of the molecule is Cc1cc(=O)n2nc(/C(Cl)=C/c3ccc(OCc4ccccc4)cc3)sc2n1. The number of halogens is 1. The minimum absolute atomic E-state index is 0.214. The number of benzene rings is 2. The molecular weight excluding hydrogens is 394 g/mol. The van der Waals surface area contributed by atoms with Crippen LogP contribution in [-0.4, -0.2) is 14.6 Å². The van der Waals surface area contributed by atoms with E-state index in [4.69, 9.17) is 16.3 Å². The second kappa shape index (κ2) is 7.96. The highest BCUT2D eigenvalue weighted by atomic mass is 35.5. The van der Waals surface area contributed by atoms with Gasteiger partial charge in [-0.2, -0.15) is 9.61 Å². The minimum Gasteiger partial charge on any atom is -0.489 e. The second-order valence-corrected chi connectivity index (χ2v) is 7.54. The fourth-order valence-electron chi connectivity index (χ4n) is 2.63. The third kappa shape index (κ3) is 4.13. The van der Waals surface area contributed by atoms with Gasteiger partial charge in [-0.25, -0.2) is 4.98 Å². The van der Waals surface area contributed by atoms with Crippen LogP contribution < -0.4 is 10.3 Å². The third-order valence-electron chi connectivity index (χ3n) is 4.00. The van der Waals surface area contributed by atoms with E-state index in [2.05, 4.69) is 10.1 Å². The summed E-state index contributed by atoms with van der Waals surface area (Å²) in [6.07, 6.45) is 1.80.